The molecule has 1 aromatic heterocycles. The van der Waals surface area contributed by atoms with Gasteiger partial charge in [-0.3, -0.25) is 0 Å². The highest BCUT2D eigenvalue weighted by atomic mass is 16.5. The number of benzene rings is 2. The zero-order valence-corrected chi connectivity index (χ0v) is 10.9. The van der Waals surface area contributed by atoms with Crippen molar-refractivity contribution in [1.29, 1.82) is 0 Å². The third-order valence-electron chi connectivity index (χ3n) is 3.15. The third-order valence-corrected chi connectivity index (χ3v) is 3.15. The Hall–Kier alpha value is -2.22. The minimum absolute atomic E-state index is 0.739. The molecule has 0 atom stereocenters. The first kappa shape index (κ1) is 11.8. The summed E-state index contributed by atoms with van der Waals surface area (Å²) in [5.74, 6) is 0.926. The Kier molecular flexibility index (Phi) is 3.23. The Bertz CT molecular complexity index is 684. The summed E-state index contributed by atoms with van der Waals surface area (Å²) < 4.78 is 5.81. The summed E-state index contributed by atoms with van der Waals surface area (Å²) in [7, 11) is 0. The minimum Gasteiger partial charge on any atom is -0.493 e. The second-order valence-corrected chi connectivity index (χ2v) is 4.55. The molecule has 2 aromatic carbocycles. The molecule has 3 aromatic rings. The maximum atomic E-state index is 5.81. The van der Waals surface area contributed by atoms with Gasteiger partial charge in [-0.1, -0.05) is 19.1 Å². The van der Waals surface area contributed by atoms with Crippen molar-refractivity contribution in [3.8, 4) is 16.9 Å². The number of hydrogen-bond donors (Lipinski definition) is 1. The van der Waals surface area contributed by atoms with Crippen LogP contribution in [0.4, 0.5) is 0 Å². The van der Waals surface area contributed by atoms with E-state index in [1.807, 2.05) is 24.4 Å². The highest BCUT2D eigenvalue weighted by molar-refractivity contribution is 5.86. The summed E-state index contributed by atoms with van der Waals surface area (Å²) >= 11 is 0. The highest BCUT2D eigenvalue weighted by Gasteiger charge is 2.06. The normalized spacial score (nSPS) is 10.8. The van der Waals surface area contributed by atoms with Crippen molar-refractivity contribution in [2.75, 3.05) is 6.61 Å². The van der Waals surface area contributed by atoms with Gasteiger partial charge in [-0.05, 0) is 53.8 Å². The van der Waals surface area contributed by atoms with Crippen LogP contribution in [-0.2, 0) is 0 Å². The molecular formula is C17H16NO. The quantitative estimate of drug-likeness (QED) is 0.728. The molecule has 0 saturated carbocycles. The molecule has 1 N–H and O–H groups in total. The topological polar surface area (TPSA) is 25.0 Å². The van der Waals surface area contributed by atoms with Crippen LogP contribution in [0.15, 0.2) is 48.7 Å². The standard InChI is InChI=1S/C17H16NO/c1-2-11-19-17-6-4-3-5-15(17)13-7-8-16-14(12-13)9-10-18-16/h4-10,12,18H,2,11H2,1H3. The molecule has 0 saturated heterocycles. The number of nitrogens with one attached hydrogen (secondary N) is 1. The molecule has 2 nitrogen and oxygen atoms in total. The van der Waals surface area contributed by atoms with Crippen molar-refractivity contribution in [2.45, 2.75) is 13.3 Å². The van der Waals surface area contributed by atoms with Crippen LogP contribution in [0, 0.1) is 6.07 Å². The summed E-state index contributed by atoms with van der Waals surface area (Å²) in [6.45, 7) is 2.85. The lowest BCUT2D eigenvalue weighted by Gasteiger charge is -2.10. The Morgan fingerprint density at radius 1 is 1.21 bits per heavy atom. The number of hydrogen-bond acceptors (Lipinski definition) is 1. The molecule has 0 aliphatic carbocycles. The van der Waals surface area contributed by atoms with E-state index in [0.29, 0.717) is 0 Å². The first-order valence-electron chi connectivity index (χ1n) is 6.59. The van der Waals surface area contributed by atoms with Gasteiger partial charge in [-0.2, -0.15) is 0 Å². The minimum atomic E-state index is 0.739. The van der Waals surface area contributed by atoms with E-state index < -0.39 is 0 Å². The van der Waals surface area contributed by atoms with Crippen molar-refractivity contribution >= 4 is 10.9 Å². The third kappa shape index (κ3) is 2.34. The second kappa shape index (κ2) is 5.19. The van der Waals surface area contributed by atoms with Gasteiger partial charge >= 0.3 is 0 Å². The molecule has 95 valence electrons. The van der Waals surface area contributed by atoms with Crippen molar-refractivity contribution in [3.05, 3.63) is 54.7 Å². The van der Waals surface area contributed by atoms with Crippen molar-refractivity contribution in [3.63, 3.8) is 0 Å². The summed E-state index contributed by atoms with van der Waals surface area (Å²) in [5.41, 5.74) is 3.41. The summed E-state index contributed by atoms with van der Waals surface area (Å²) in [4.78, 5) is 3.21. The van der Waals surface area contributed by atoms with E-state index in [1.165, 1.54) is 5.39 Å². The molecule has 1 radical (unpaired) electrons. The number of fused-ring (bicyclic) bond motifs is 1. The molecule has 0 amide bonds. The van der Waals surface area contributed by atoms with Crippen LogP contribution < -0.4 is 4.74 Å². The summed E-state index contributed by atoms with van der Waals surface area (Å²) in [6, 6.07) is 17.5. The Labute approximate surface area is 113 Å². The SMILES string of the molecule is CCCOc1cc[c]cc1-c1ccc2[nH]ccc2c1. The fourth-order valence-electron chi connectivity index (χ4n) is 2.20. The molecule has 0 spiro atoms. The largest absolute Gasteiger partial charge is 0.493 e. The van der Waals surface area contributed by atoms with E-state index in [1.54, 1.807) is 0 Å². The maximum absolute atomic E-state index is 5.81. The molecule has 0 aliphatic rings. The lowest BCUT2D eigenvalue weighted by molar-refractivity contribution is 0.318. The number of H-pyrrole nitrogens is 1. The van der Waals surface area contributed by atoms with Crippen LogP contribution in [0.25, 0.3) is 22.0 Å². The van der Waals surface area contributed by atoms with Gasteiger partial charge in [-0.25, -0.2) is 0 Å². The van der Waals surface area contributed by atoms with Gasteiger partial charge in [0, 0.05) is 17.3 Å². The van der Waals surface area contributed by atoms with Gasteiger partial charge in [0.1, 0.15) is 5.75 Å². The first-order valence-corrected chi connectivity index (χ1v) is 6.59. The molecule has 0 bridgehead atoms. The molecular weight excluding hydrogens is 234 g/mol. The number of aromatic nitrogens is 1. The predicted molar refractivity (Wildman–Crippen MR) is 78.4 cm³/mol. The van der Waals surface area contributed by atoms with Crippen LogP contribution in [-0.4, -0.2) is 11.6 Å². The van der Waals surface area contributed by atoms with Crippen LogP contribution >= 0.6 is 0 Å². The molecule has 1 heterocycles. The van der Waals surface area contributed by atoms with Crippen molar-refractivity contribution in [2.24, 2.45) is 0 Å². The molecule has 0 unspecified atom stereocenters. The van der Waals surface area contributed by atoms with Gasteiger partial charge in [0.25, 0.3) is 0 Å². The van der Waals surface area contributed by atoms with Crippen LogP contribution in [0.2, 0.25) is 0 Å². The Morgan fingerprint density at radius 2 is 2.16 bits per heavy atom. The fraction of sp³-hybridized carbons (Fsp3) is 0.176. The van der Waals surface area contributed by atoms with Gasteiger partial charge in [0.05, 0.1) is 6.61 Å². The molecule has 3 rings (SSSR count). The van der Waals surface area contributed by atoms with Crippen LogP contribution in [0.3, 0.4) is 0 Å². The summed E-state index contributed by atoms with van der Waals surface area (Å²) in [6.07, 6.45) is 2.97. The van der Waals surface area contributed by atoms with E-state index in [4.69, 9.17) is 4.74 Å². The summed E-state index contributed by atoms with van der Waals surface area (Å²) in [5, 5.41) is 1.21. The van der Waals surface area contributed by atoms with Crippen LogP contribution in [0.5, 0.6) is 5.75 Å². The van der Waals surface area contributed by atoms with Gasteiger partial charge in [-0.15, -0.1) is 0 Å². The van der Waals surface area contributed by atoms with Crippen LogP contribution in [0.1, 0.15) is 13.3 Å². The average Bonchev–Trinajstić information content (AvgIpc) is 2.92. The van der Waals surface area contributed by atoms with Gasteiger partial charge < -0.3 is 9.72 Å². The Balaban J connectivity index is 2.04. The van der Waals surface area contributed by atoms with Gasteiger partial charge in [0.15, 0.2) is 0 Å². The van der Waals surface area contributed by atoms with E-state index in [-0.39, 0.29) is 0 Å². The fourth-order valence-corrected chi connectivity index (χ4v) is 2.20. The van der Waals surface area contributed by atoms with Gasteiger partial charge in [0.2, 0.25) is 0 Å². The number of ether oxygens (including phenoxy) is 1. The number of aromatic amines is 1. The van der Waals surface area contributed by atoms with E-state index in [2.05, 4.69) is 42.2 Å². The van der Waals surface area contributed by atoms with E-state index in [9.17, 15) is 0 Å². The molecule has 0 aliphatic heterocycles. The maximum Gasteiger partial charge on any atom is 0.127 e. The smallest absolute Gasteiger partial charge is 0.127 e. The zero-order chi connectivity index (χ0) is 13.1. The second-order valence-electron chi connectivity index (χ2n) is 4.55. The first-order chi connectivity index (χ1) is 9.38. The van der Waals surface area contributed by atoms with E-state index >= 15 is 0 Å². The van der Waals surface area contributed by atoms with Crippen molar-refractivity contribution < 1.29 is 4.74 Å². The predicted octanol–water partition coefficient (Wildman–Crippen LogP) is 4.42. The Morgan fingerprint density at radius 3 is 3.05 bits per heavy atom. The zero-order valence-electron chi connectivity index (χ0n) is 10.9. The van der Waals surface area contributed by atoms with Crippen molar-refractivity contribution in [1.82, 2.24) is 4.98 Å². The lowest BCUT2D eigenvalue weighted by atomic mass is 10.0. The monoisotopic (exact) mass is 250 g/mol. The molecule has 0 fully saturated rings. The number of rotatable bonds is 4. The molecule has 2 heteroatoms. The van der Waals surface area contributed by atoms with E-state index in [0.717, 1.165) is 35.4 Å². The average molecular weight is 250 g/mol. The lowest BCUT2D eigenvalue weighted by Crippen LogP contribution is -1.96. The highest BCUT2D eigenvalue weighted by Crippen LogP contribution is 2.31. The molecule has 19 heavy (non-hydrogen) atoms.